The number of Topliss-reactive ketones (excluding diaryl/α,β-unsaturated/α-hetero) is 1. The van der Waals surface area contributed by atoms with Crippen LogP contribution in [0.3, 0.4) is 0 Å². The smallest absolute Gasteiger partial charge is 0.202 e. The zero-order valence-corrected chi connectivity index (χ0v) is 18.8. The molecule has 158 valence electrons. The molecule has 0 N–H and O–H groups in total. The molecule has 4 rings (SSSR count). The van der Waals surface area contributed by atoms with Crippen LogP contribution in [0.5, 0.6) is 5.75 Å². The van der Waals surface area contributed by atoms with Gasteiger partial charge in [0.15, 0.2) is 16.4 Å². The Hall–Kier alpha value is -2.45. The van der Waals surface area contributed by atoms with Crippen LogP contribution in [0.25, 0.3) is 10.6 Å². The lowest BCUT2D eigenvalue weighted by Crippen LogP contribution is -2.16. The van der Waals surface area contributed by atoms with Crippen molar-refractivity contribution in [3.63, 3.8) is 0 Å². The second kappa shape index (κ2) is 8.00. The Morgan fingerprint density at radius 3 is 2.57 bits per heavy atom. The molecule has 0 radical (unpaired) electrons. The third kappa shape index (κ3) is 4.20. The van der Waals surface area contributed by atoms with Crippen LogP contribution in [-0.2, 0) is 9.84 Å². The average molecular weight is 445 g/mol. The molecule has 1 saturated heterocycles. The summed E-state index contributed by atoms with van der Waals surface area (Å²) >= 11 is 1.59. The van der Waals surface area contributed by atoms with Crippen LogP contribution in [0, 0.1) is 20.8 Å². The number of benzene rings is 1. The molecule has 1 aromatic carbocycles. The van der Waals surface area contributed by atoms with Crippen molar-refractivity contribution >= 4 is 27.0 Å². The maximum atomic E-state index is 12.8. The van der Waals surface area contributed by atoms with Gasteiger partial charge in [-0.15, -0.1) is 11.3 Å². The molecular formula is C22H24N2O4S2. The van der Waals surface area contributed by atoms with E-state index in [0.29, 0.717) is 17.7 Å². The zero-order valence-electron chi connectivity index (χ0n) is 17.2. The summed E-state index contributed by atoms with van der Waals surface area (Å²) in [7, 11) is -2.99. The highest BCUT2D eigenvalue weighted by atomic mass is 32.2. The molecule has 1 aliphatic heterocycles. The minimum atomic E-state index is -2.99. The van der Waals surface area contributed by atoms with Gasteiger partial charge in [-0.05, 0) is 57.5 Å². The van der Waals surface area contributed by atoms with Gasteiger partial charge in [0, 0.05) is 39.6 Å². The van der Waals surface area contributed by atoms with Crippen molar-refractivity contribution in [1.29, 1.82) is 0 Å². The summed E-state index contributed by atoms with van der Waals surface area (Å²) in [6.45, 7) is 5.68. The highest BCUT2D eigenvalue weighted by Crippen LogP contribution is 2.30. The zero-order chi connectivity index (χ0) is 21.5. The van der Waals surface area contributed by atoms with Crippen LogP contribution in [0.2, 0.25) is 0 Å². The SMILES string of the molecule is Cc1csc(-c2ccc(OCC(=O)c3cc(C)n([C@H]4CCS(=O)(=O)C4)c3C)cc2)n1. The first-order valence-corrected chi connectivity index (χ1v) is 12.5. The molecule has 1 aliphatic rings. The Morgan fingerprint density at radius 2 is 1.97 bits per heavy atom. The lowest BCUT2D eigenvalue weighted by Gasteiger charge is -2.16. The number of thiazole rings is 1. The standard InChI is InChI=1S/C22H24N2O4S2/c1-14-12-29-22(23-14)17-4-6-19(7-5-17)28-11-21(25)20-10-15(2)24(16(20)3)18-8-9-30(26,27)13-18/h4-7,10,12,18H,8-9,11,13H2,1-3H3/t18-/m0/s1. The fraction of sp³-hybridized carbons (Fsp3) is 0.364. The van der Waals surface area contributed by atoms with Gasteiger partial charge in [0.1, 0.15) is 10.8 Å². The van der Waals surface area contributed by atoms with E-state index in [1.807, 2.05) is 61.1 Å². The van der Waals surface area contributed by atoms with Gasteiger partial charge in [0.2, 0.25) is 5.78 Å². The number of ketones is 1. The summed E-state index contributed by atoms with van der Waals surface area (Å²) < 4.78 is 31.4. The monoisotopic (exact) mass is 444 g/mol. The van der Waals surface area contributed by atoms with E-state index in [0.717, 1.165) is 27.7 Å². The van der Waals surface area contributed by atoms with Crippen LogP contribution >= 0.6 is 11.3 Å². The molecule has 1 atom stereocenters. The topological polar surface area (TPSA) is 78.3 Å². The second-order valence-electron chi connectivity index (χ2n) is 7.74. The first-order valence-electron chi connectivity index (χ1n) is 9.81. The summed E-state index contributed by atoms with van der Waals surface area (Å²) in [4.78, 5) is 17.2. The van der Waals surface area contributed by atoms with Crippen LogP contribution in [-0.4, -0.2) is 41.9 Å². The Bertz CT molecular complexity index is 1190. The van der Waals surface area contributed by atoms with E-state index in [1.165, 1.54) is 0 Å². The van der Waals surface area contributed by atoms with Gasteiger partial charge in [-0.1, -0.05) is 0 Å². The molecule has 6 nitrogen and oxygen atoms in total. The van der Waals surface area contributed by atoms with Gasteiger partial charge in [-0.3, -0.25) is 4.79 Å². The van der Waals surface area contributed by atoms with Gasteiger partial charge in [0.05, 0.1) is 11.5 Å². The number of sulfone groups is 1. The molecule has 1 fully saturated rings. The minimum absolute atomic E-state index is 0.0665. The highest BCUT2D eigenvalue weighted by molar-refractivity contribution is 7.91. The molecule has 0 saturated carbocycles. The Morgan fingerprint density at radius 1 is 1.23 bits per heavy atom. The molecule has 3 aromatic rings. The van der Waals surface area contributed by atoms with Crippen molar-refractivity contribution < 1.29 is 17.9 Å². The Kier molecular flexibility index (Phi) is 5.55. The number of nitrogens with zero attached hydrogens (tertiary/aromatic N) is 2. The number of carbonyl (C=O) groups is 1. The van der Waals surface area contributed by atoms with E-state index in [2.05, 4.69) is 4.98 Å². The van der Waals surface area contributed by atoms with Crippen molar-refractivity contribution in [3.05, 3.63) is 58.4 Å². The molecule has 0 unspecified atom stereocenters. The summed E-state index contributed by atoms with van der Waals surface area (Å²) in [6.07, 6.45) is 0.591. The summed E-state index contributed by atoms with van der Waals surface area (Å²) in [6, 6.07) is 9.28. The molecule has 0 aliphatic carbocycles. The molecule has 0 amide bonds. The van der Waals surface area contributed by atoms with Gasteiger partial charge in [0.25, 0.3) is 0 Å². The molecule has 0 spiro atoms. The van der Waals surface area contributed by atoms with E-state index in [4.69, 9.17) is 4.74 Å². The van der Waals surface area contributed by atoms with Gasteiger partial charge >= 0.3 is 0 Å². The van der Waals surface area contributed by atoms with Crippen LogP contribution < -0.4 is 4.74 Å². The Balaban J connectivity index is 1.44. The van der Waals surface area contributed by atoms with Crippen molar-refractivity contribution in [1.82, 2.24) is 9.55 Å². The maximum absolute atomic E-state index is 12.8. The minimum Gasteiger partial charge on any atom is -0.485 e. The van der Waals surface area contributed by atoms with E-state index in [1.54, 1.807) is 11.3 Å². The molecule has 30 heavy (non-hydrogen) atoms. The normalized spacial score (nSPS) is 17.9. The Labute approximate surface area is 180 Å². The number of rotatable bonds is 6. The number of hydrogen-bond donors (Lipinski definition) is 0. The fourth-order valence-electron chi connectivity index (χ4n) is 4.01. The third-order valence-electron chi connectivity index (χ3n) is 5.45. The average Bonchev–Trinajstić information content (AvgIpc) is 3.37. The van der Waals surface area contributed by atoms with Gasteiger partial charge in [-0.25, -0.2) is 13.4 Å². The number of hydrogen-bond acceptors (Lipinski definition) is 6. The van der Waals surface area contributed by atoms with E-state index in [-0.39, 0.29) is 29.9 Å². The quantitative estimate of drug-likeness (QED) is 0.534. The van der Waals surface area contributed by atoms with Crippen LogP contribution in [0.1, 0.15) is 39.9 Å². The van der Waals surface area contributed by atoms with Crippen molar-refractivity contribution in [2.45, 2.75) is 33.2 Å². The van der Waals surface area contributed by atoms with Gasteiger partial charge in [-0.2, -0.15) is 0 Å². The fourth-order valence-corrected chi connectivity index (χ4v) is 6.51. The van der Waals surface area contributed by atoms with Crippen molar-refractivity contribution in [2.24, 2.45) is 0 Å². The predicted octanol–water partition coefficient (Wildman–Crippen LogP) is 4.16. The lowest BCUT2D eigenvalue weighted by atomic mass is 10.1. The molecule has 3 heterocycles. The van der Waals surface area contributed by atoms with Crippen molar-refractivity contribution in [2.75, 3.05) is 18.1 Å². The summed E-state index contributed by atoms with van der Waals surface area (Å²) in [5.74, 6) is 0.849. The maximum Gasteiger partial charge on any atom is 0.202 e. The number of ether oxygens (including phenoxy) is 1. The van der Waals surface area contributed by atoms with Gasteiger partial charge < -0.3 is 9.30 Å². The van der Waals surface area contributed by atoms with Crippen molar-refractivity contribution in [3.8, 4) is 16.3 Å². The second-order valence-corrected chi connectivity index (χ2v) is 10.8. The largest absolute Gasteiger partial charge is 0.485 e. The van der Waals surface area contributed by atoms with E-state index >= 15 is 0 Å². The van der Waals surface area contributed by atoms with Crippen LogP contribution in [0.4, 0.5) is 0 Å². The number of carbonyl (C=O) groups excluding carboxylic acids is 1. The lowest BCUT2D eigenvalue weighted by molar-refractivity contribution is 0.0920. The molecule has 0 bridgehead atoms. The first kappa shape index (κ1) is 20.8. The summed E-state index contributed by atoms with van der Waals surface area (Å²) in [5.41, 5.74) is 4.31. The number of aryl methyl sites for hydroxylation is 2. The molecule has 8 heteroatoms. The highest BCUT2D eigenvalue weighted by Gasteiger charge is 2.31. The van der Waals surface area contributed by atoms with Crippen LogP contribution in [0.15, 0.2) is 35.7 Å². The number of aromatic nitrogens is 2. The van der Waals surface area contributed by atoms with E-state index in [9.17, 15) is 13.2 Å². The molecular weight excluding hydrogens is 420 g/mol. The third-order valence-corrected chi connectivity index (χ3v) is 8.21. The summed E-state index contributed by atoms with van der Waals surface area (Å²) in [5, 5.41) is 2.96. The predicted molar refractivity (Wildman–Crippen MR) is 118 cm³/mol. The first-order chi connectivity index (χ1) is 14.2. The van der Waals surface area contributed by atoms with E-state index < -0.39 is 9.84 Å². The molecule has 2 aromatic heterocycles.